The Balaban J connectivity index is 2.04. The number of anilines is 1. The molecule has 0 bridgehead atoms. The van der Waals surface area contributed by atoms with E-state index in [0.29, 0.717) is 0 Å². The molecule has 0 aliphatic heterocycles. The molecule has 2 rings (SSSR count). The number of nitrogens with zero attached hydrogens (tertiary/aromatic N) is 2. The van der Waals surface area contributed by atoms with E-state index in [0.717, 1.165) is 6.54 Å². The zero-order valence-corrected chi connectivity index (χ0v) is 10.3. The van der Waals surface area contributed by atoms with E-state index in [9.17, 15) is 0 Å². The monoisotopic (exact) mass is 233 g/mol. The molecular formula is C12H15N3S. The molecule has 1 aromatic heterocycles. The van der Waals surface area contributed by atoms with Crippen molar-refractivity contribution in [3.8, 4) is 0 Å². The Morgan fingerprint density at radius 2 is 2.19 bits per heavy atom. The van der Waals surface area contributed by atoms with Gasteiger partial charge in [-0.2, -0.15) is 5.10 Å². The van der Waals surface area contributed by atoms with E-state index in [1.807, 2.05) is 30.2 Å². The second-order valence-electron chi connectivity index (χ2n) is 3.58. The molecule has 0 aliphatic rings. The molecule has 1 N–H and O–H groups in total. The molecule has 0 spiro atoms. The van der Waals surface area contributed by atoms with Crippen molar-refractivity contribution in [2.75, 3.05) is 11.6 Å². The van der Waals surface area contributed by atoms with Crippen LogP contribution in [0.1, 0.15) is 5.56 Å². The smallest absolute Gasteiger partial charge is 0.0539 e. The molecule has 16 heavy (non-hydrogen) atoms. The molecule has 84 valence electrons. The minimum absolute atomic E-state index is 0.811. The third-order valence-electron chi connectivity index (χ3n) is 2.35. The molecule has 1 heterocycles. The molecule has 4 heteroatoms. The van der Waals surface area contributed by atoms with Crippen LogP contribution in [0.5, 0.6) is 0 Å². The highest BCUT2D eigenvalue weighted by Gasteiger charge is 2.00. The van der Waals surface area contributed by atoms with E-state index in [1.165, 1.54) is 16.1 Å². The summed E-state index contributed by atoms with van der Waals surface area (Å²) in [5.41, 5.74) is 2.37. The minimum Gasteiger partial charge on any atom is -0.380 e. The minimum atomic E-state index is 0.811. The van der Waals surface area contributed by atoms with Gasteiger partial charge < -0.3 is 5.32 Å². The topological polar surface area (TPSA) is 29.9 Å². The van der Waals surface area contributed by atoms with Gasteiger partial charge in [-0.05, 0) is 18.4 Å². The van der Waals surface area contributed by atoms with Crippen molar-refractivity contribution in [2.45, 2.75) is 11.4 Å². The van der Waals surface area contributed by atoms with Gasteiger partial charge in [0.25, 0.3) is 0 Å². The first-order valence-electron chi connectivity index (χ1n) is 5.14. The summed E-state index contributed by atoms with van der Waals surface area (Å²) in [6.45, 7) is 0.811. The molecule has 0 saturated carbocycles. The van der Waals surface area contributed by atoms with Gasteiger partial charge >= 0.3 is 0 Å². The molecule has 1 aromatic carbocycles. The maximum Gasteiger partial charge on any atom is 0.0539 e. The second-order valence-corrected chi connectivity index (χ2v) is 4.42. The molecule has 0 fully saturated rings. The molecule has 0 radical (unpaired) electrons. The number of rotatable bonds is 4. The summed E-state index contributed by atoms with van der Waals surface area (Å²) in [6, 6.07) is 8.32. The van der Waals surface area contributed by atoms with E-state index in [4.69, 9.17) is 0 Å². The van der Waals surface area contributed by atoms with Gasteiger partial charge in [0.1, 0.15) is 0 Å². The Kier molecular flexibility index (Phi) is 3.51. The molecular weight excluding hydrogens is 218 g/mol. The largest absolute Gasteiger partial charge is 0.380 e. The highest BCUT2D eigenvalue weighted by Crippen LogP contribution is 2.24. The number of hydrogen-bond donors (Lipinski definition) is 1. The van der Waals surface area contributed by atoms with Gasteiger partial charge in [0.15, 0.2) is 0 Å². The zero-order valence-electron chi connectivity index (χ0n) is 9.47. The van der Waals surface area contributed by atoms with E-state index >= 15 is 0 Å². The number of aromatic nitrogens is 2. The van der Waals surface area contributed by atoms with Crippen LogP contribution in [-0.4, -0.2) is 16.0 Å². The predicted octanol–water partition coefficient (Wildman–Crippen LogP) is 2.75. The molecule has 2 aromatic rings. The van der Waals surface area contributed by atoms with Crippen LogP contribution >= 0.6 is 11.8 Å². The van der Waals surface area contributed by atoms with Crippen LogP contribution in [0.3, 0.4) is 0 Å². The average Bonchev–Trinajstić information content (AvgIpc) is 2.73. The van der Waals surface area contributed by atoms with Crippen LogP contribution in [0, 0.1) is 0 Å². The normalized spacial score (nSPS) is 10.4. The number of thioether (sulfide) groups is 1. The zero-order chi connectivity index (χ0) is 11.4. The van der Waals surface area contributed by atoms with Crippen molar-refractivity contribution in [3.63, 3.8) is 0 Å². The van der Waals surface area contributed by atoms with Crippen LogP contribution in [-0.2, 0) is 13.6 Å². The molecule has 0 saturated heterocycles. The van der Waals surface area contributed by atoms with Crippen molar-refractivity contribution >= 4 is 17.4 Å². The highest BCUT2D eigenvalue weighted by atomic mass is 32.2. The lowest BCUT2D eigenvalue weighted by Crippen LogP contribution is -1.99. The number of nitrogens with one attached hydrogen (secondary N) is 1. The molecule has 0 amide bonds. The highest BCUT2D eigenvalue weighted by molar-refractivity contribution is 7.98. The van der Waals surface area contributed by atoms with Crippen LogP contribution in [0.15, 0.2) is 41.6 Å². The van der Waals surface area contributed by atoms with Crippen molar-refractivity contribution in [3.05, 3.63) is 42.2 Å². The fourth-order valence-corrected chi connectivity index (χ4v) is 2.13. The summed E-state index contributed by atoms with van der Waals surface area (Å²) in [6.07, 6.45) is 5.99. The summed E-state index contributed by atoms with van der Waals surface area (Å²) in [4.78, 5) is 1.27. The maximum atomic E-state index is 4.14. The fraction of sp³-hybridized carbons (Fsp3) is 0.250. The second kappa shape index (κ2) is 5.07. The van der Waals surface area contributed by atoms with Gasteiger partial charge in [0.2, 0.25) is 0 Å². The first-order valence-corrected chi connectivity index (χ1v) is 6.36. The predicted molar refractivity (Wildman–Crippen MR) is 68.8 cm³/mol. The lowest BCUT2D eigenvalue weighted by molar-refractivity contribution is 0.767. The quantitative estimate of drug-likeness (QED) is 0.824. The Hall–Kier alpha value is -1.42. The Bertz CT molecular complexity index is 465. The Morgan fingerprint density at radius 3 is 2.88 bits per heavy atom. The van der Waals surface area contributed by atoms with Crippen molar-refractivity contribution < 1.29 is 0 Å². The average molecular weight is 233 g/mol. The van der Waals surface area contributed by atoms with Gasteiger partial charge in [0, 0.05) is 35.9 Å². The van der Waals surface area contributed by atoms with E-state index in [1.54, 1.807) is 11.8 Å². The van der Waals surface area contributed by atoms with E-state index in [-0.39, 0.29) is 0 Å². The van der Waals surface area contributed by atoms with Crippen LogP contribution in [0.4, 0.5) is 5.69 Å². The number of para-hydroxylation sites is 1. The fourth-order valence-electron chi connectivity index (χ4n) is 1.55. The van der Waals surface area contributed by atoms with Crippen molar-refractivity contribution in [1.29, 1.82) is 0 Å². The van der Waals surface area contributed by atoms with Gasteiger partial charge in [-0.1, -0.05) is 12.1 Å². The number of aryl methyl sites for hydroxylation is 1. The molecule has 0 aliphatic carbocycles. The number of benzene rings is 1. The molecule has 0 atom stereocenters. The van der Waals surface area contributed by atoms with Crippen LogP contribution in [0.25, 0.3) is 0 Å². The summed E-state index contributed by atoms with van der Waals surface area (Å²) in [5, 5.41) is 7.56. The molecule has 0 unspecified atom stereocenters. The van der Waals surface area contributed by atoms with E-state index in [2.05, 4.69) is 34.9 Å². The van der Waals surface area contributed by atoms with Crippen molar-refractivity contribution in [2.24, 2.45) is 7.05 Å². The maximum absolute atomic E-state index is 4.14. The standard InChI is InChI=1S/C12H15N3S/c1-15-9-10(8-14-15)7-13-11-5-3-4-6-12(11)16-2/h3-6,8-9,13H,7H2,1-2H3. The number of hydrogen-bond acceptors (Lipinski definition) is 3. The van der Waals surface area contributed by atoms with Gasteiger partial charge in [0.05, 0.1) is 6.20 Å². The Labute approximate surface area is 99.9 Å². The lowest BCUT2D eigenvalue weighted by Gasteiger charge is -2.08. The first kappa shape index (κ1) is 11.1. The summed E-state index contributed by atoms with van der Waals surface area (Å²) < 4.78 is 1.82. The Morgan fingerprint density at radius 1 is 1.38 bits per heavy atom. The summed E-state index contributed by atoms with van der Waals surface area (Å²) in [5.74, 6) is 0. The van der Waals surface area contributed by atoms with E-state index < -0.39 is 0 Å². The first-order chi connectivity index (χ1) is 7.79. The summed E-state index contributed by atoms with van der Waals surface area (Å²) in [7, 11) is 1.93. The third-order valence-corrected chi connectivity index (χ3v) is 3.14. The van der Waals surface area contributed by atoms with Gasteiger partial charge in [-0.25, -0.2) is 0 Å². The summed E-state index contributed by atoms with van der Waals surface area (Å²) >= 11 is 1.75. The van der Waals surface area contributed by atoms with Crippen LogP contribution < -0.4 is 5.32 Å². The van der Waals surface area contributed by atoms with Crippen LogP contribution in [0.2, 0.25) is 0 Å². The molecule has 3 nitrogen and oxygen atoms in total. The van der Waals surface area contributed by atoms with Crippen molar-refractivity contribution in [1.82, 2.24) is 9.78 Å². The van der Waals surface area contributed by atoms with Gasteiger partial charge in [-0.15, -0.1) is 11.8 Å². The third kappa shape index (κ3) is 2.58. The SMILES string of the molecule is CSc1ccccc1NCc1cnn(C)c1. The lowest BCUT2D eigenvalue weighted by atomic mass is 10.3. The van der Waals surface area contributed by atoms with Gasteiger partial charge in [-0.3, -0.25) is 4.68 Å².